The van der Waals surface area contributed by atoms with Gasteiger partial charge in [0.15, 0.2) is 0 Å². The molecule has 0 aromatic rings. The van der Waals surface area contributed by atoms with E-state index in [0.29, 0.717) is 0 Å². The number of hydrogen-bond acceptors (Lipinski definition) is 2. The summed E-state index contributed by atoms with van der Waals surface area (Å²) in [4.78, 5) is 2.70. The predicted molar refractivity (Wildman–Crippen MR) is 62.6 cm³/mol. The average molecular weight is 198 g/mol. The van der Waals surface area contributed by atoms with Crippen LogP contribution in [0.15, 0.2) is 0 Å². The Hall–Kier alpha value is -0.0800. The van der Waals surface area contributed by atoms with Gasteiger partial charge in [-0.15, -0.1) is 0 Å². The topological polar surface area (TPSA) is 15.3 Å². The van der Waals surface area contributed by atoms with Gasteiger partial charge in [0.25, 0.3) is 0 Å². The van der Waals surface area contributed by atoms with Crippen molar-refractivity contribution in [2.24, 2.45) is 0 Å². The summed E-state index contributed by atoms with van der Waals surface area (Å²) >= 11 is 0. The van der Waals surface area contributed by atoms with Crippen molar-refractivity contribution in [3.05, 3.63) is 0 Å². The third kappa shape index (κ3) is 3.25. The van der Waals surface area contributed by atoms with Crippen LogP contribution >= 0.6 is 0 Å². The van der Waals surface area contributed by atoms with Crippen molar-refractivity contribution in [2.45, 2.75) is 58.5 Å². The zero-order chi connectivity index (χ0) is 10.4. The number of nitrogens with zero attached hydrogens (tertiary/aromatic N) is 1. The van der Waals surface area contributed by atoms with E-state index in [-0.39, 0.29) is 0 Å². The molecule has 0 spiro atoms. The molecule has 1 aliphatic rings. The molecule has 0 bridgehead atoms. The highest BCUT2D eigenvalue weighted by atomic mass is 15.2. The zero-order valence-electron chi connectivity index (χ0n) is 10.1. The van der Waals surface area contributed by atoms with Crippen molar-refractivity contribution in [2.75, 3.05) is 19.6 Å². The third-order valence-electron chi connectivity index (χ3n) is 3.41. The maximum absolute atomic E-state index is 3.49. The van der Waals surface area contributed by atoms with Gasteiger partial charge in [-0.05, 0) is 19.8 Å². The fraction of sp³-hybridized carbons (Fsp3) is 1.00. The Morgan fingerprint density at radius 1 is 1.43 bits per heavy atom. The van der Waals surface area contributed by atoms with Crippen LogP contribution in [0.2, 0.25) is 0 Å². The Morgan fingerprint density at radius 2 is 2.21 bits per heavy atom. The van der Waals surface area contributed by atoms with E-state index in [0.717, 1.165) is 12.1 Å². The lowest BCUT2D eigenvalue weighted by atomic mass is 10.0. The van der Waals surface area contributed by atoms with Crippen molar-refractivity contribution < 1.29 is 0 Å². The number of nitrogens with one attached hydrogen (secondary N) is 1. The van der Waals surface area contributed by atoms with Gasteiger partial charge >= 0.3 is 0 Å². The number of hydrogen-bond donors (Lipinski definition) is 1. The molecule has 1 fully saturated rings. The van der Waals surface area contributed by atoms with Crippen LogP contribution < -0.4 is 5.32 Å². The van der Waals surface area contributed by atoms with Gasteiger partial charge in [-0.25, -0.2) is 0 Å². The van der Waals surface area contributed by atoms with Crippen LogP contribution in [0.4, 0.5) is 0 Å². The van der Waals surface area contributed by atoms with E-state index in [1.54, 1.807) is 0 Å². The second-order valence-electron chi connectivity index (χ2n) is 4.50. The summed E-state index contributed by atoms with van der Waals surface area (Å²) in [5.74, 6) is 0. The summed E-state index contributed by atoms with van der Waals surface area (Å²) in [5.41, 5.74) is 0. The molecule has 2 atom stereocenters. The Balaban J connectivity index is 2.37. The Kier molecular flexibility index (Phi) is 5.49. The van der Waals surface area contributed by atoms with E-state index < -0.39 is 0 Å². The minimum absolute atomic E-state index is 0.774. The molecule has 2 nitrogen and oxygen atoms in total. The molecule has 0 amide bonds. The maximum atomic E-state index is 3.49. The normalized spacial score (nSPS) is 26.4. The van der Waals surface area contributed by atoms with Crippen LogP contribution in [0.1, 0.15) is 46.5 Å². The predicted octanol–water partition coefficient (Wildman–Crippen LogP) is 2.25. The zero-order valence-corrected chi connectivity index (χ0v) is 10.1. The van der Waals surface area contributed by atoms with E-state index in [2.05, 4.69) is 31.0 Å². The molecule has 0 aliphatic carbocycles. The Bertz CT molecular complexity index is 147. The van der Waals surface area contributed by atoms with Crippen molar-refractivity contribution in [1.29, 1.82) is 0 Å². The fourth-order valence-electron chi connectivity index (χ4n) is 2.40. The highest BCUT2D eigenvalue weighted by Gasteiger charge is 2.24. The molecular weight excluding hydrogens is 172 g/mol. The Labute approximate surface area is 89.1 Å². The standard InChI is InChI=1S/C12H26N2/c1-4-6-7-11(3)14-9-8-13-10-12(14)5-2/h11-13H,4-10H2,1-3H3. The molecule has 0 radical (unpaired) electrons. The maximum Gasteiger partial charge on any atom is 0.0221 e. The molecule has 1 heterocycles. The quantitative estimate of drug-likeness (QED) is 0.729. The second-order valence-corrected chi connectivity index (χ2v) is 4.50. The number of rotatable bonds is 5. The number of unbranched alkanes of at least 4 members (excludes halogenated alkanes) is 1. The molecule has 2 unspecified atom stereocenters. The van der Waals surface area contributed by atoms with Crippen LogP contribution in [-0.2, 0) is 0 Å². The summed E-state index contributed by atoms with van der Waals surface area (Å²) < 4.78 is 0. The van der Waals surface area contributed by atoms with Gasteiger partial charge in [0.2, 0.25) is 0 Å². The van der Waals surface area contributed by atoms with E-state index in [1.807, 2.05) is 0 Å². The third-order valence-corrected chi connectivity index (χ3v) is 3.41. The molecule has 1 rings (SSSR count). The summed E-state index contributed by atoms with van der Waals surface area (Å²) in [6, 6.07) is 1.55. The summed E-state index contributed by atoms with van der Waals surface area (Å²) in [6.45, 7) is 10.6. The van der Waals surface area contributed by atoms with Gasteiger partial charge in [-0.3, -0.25) is 4.90 Å². The van der Waals surface area contributed by atoms with Crippen LogP contribution in [0, 0.1) is 0 Å². The number of piperazine rings is 1. The lowest BCUT2D eigenvalue weighted by Crippen LogP contribution is -2.54. The molecule has 0 aromatic carbocycles. The Morgan fingerprint density at radius 3 is 2.86 bits per heavy atom. The second kappa shape index (κ2) is 6.41. The SMILES string of the molecule is CCCCC(C)N1CCNCC1CC. The monoisotopic (exact) mass is 198 g/mol. The smallest absolute Gasteiger partial charge is 0.0221 e. The summed E-state index contributed by atoms with van der Waals surface area (Å²) in [5, 5.41) is 3.49. The molecular formula is C12H26N2. The lowest BCUT2D eigenvalue weighted by Gasteiger charge is -2.40. The van der Waals surface area contributed by atoms with Crippen molar-refractivity contribution in [3.8, 4) is 0 Å². The first-order chi connectivity index (χ1) is 6.79. The van der Waals surface area contributed by atoms with Crippen LogP contribution in [0.25, 0.3) is 0 Å². The minimum Gasteiger partial charge on any atom is -0.314 e. The van der Waals surface area contributed by atoms with Crippen molar-refractivity contribution >= 4 is 0 Å². The average Bonchev–Trinajstić information content (AvgIpc) is 2.25. The summed E-state index contributed by atoms with van der Waals surface area (Å²) in [7, 11) is 0. The molecule has 1 N–H and O–H groups in total. The van der Waals surface area contributed by atoms with Gasteiger partial charge in [0.05, 0.1) is 0 Å². The molecule has 0 aromatic heterocycles. The highest BCUT2D eigenvalue weighted by molar-refractivity contribution is 4.82. The molecule has 1 aliphatic heterocycles. The van der Waals surface area contributed by atoms with E-state index >= 15 is 0 Å². The minimum atomic E-state index is 0.774. The first kappa shape index (κ1) is 12.0. The lowest BCUT2D eigenvalue weighted by molar-refractivity contribution is 0.105. The molecule has 1 saturated heterocycles. The van der Waals surface area contributed by atoms with Crippen molar-refractivity contribution in [1.82, 2.24) is 10.2 Å². The van der Waals surface area contributed by atoms with Crippen LogP contribution in [0.5, 0.6) is 0 Å². The van der Waals surface area contributed by atoms with Crippen molar-refractivity contribution in [3.63, 3.8) is 0 Å². The molecule has 14 heavy (non-hydrogen) atoms. The van der Waals surface area contributed by atoms with E-state index in [4.69, 9.17) is 0 Å². The van der Waals surface area contributed by atoms with E-state index in [1.165, 1.54) is 45.3 Å². The first-order valence-electron chi connectivity index (χ1n) is 6.26. The van der Waals surface area contributed by atoms with Gasteiger partial charge in [0.1, 0.15) is 0 Å². The first-order valence-corrected chi connectivity index (χ1v) is 6.26. The summed E-state index contributed by atoms with van der Waals surface area (Å²) in [6.07, 6.45) is 5.35. The van der Waals surface area contributed by atoms with E-state index in [9.17, 15) is 0 Å². The largest absolute Gasteiger partial charge is 0.314 e. The molecule has 84 valence electrons. The molecule has 2 heteroatoms. The highest BCUT2D eigenvalue weighted by Crippen LogP contribution is 2.15. The van der Waals surface area contributed by atoms with Crippen LogP contribution in [0.3, 0.4) is 0 Å². The van der Waals surface area contributed by atoms with Gasteiger partial charge < -0.3 is 5.32 Å². The molecule has 0 saturated carbocycles. The van der Waals surface area contributed by atoms with Gasteiger partial charge in [0, 0.05) is 31.7 Å². The van der Waals surface area contributed by atoms with Crippen LogP contribution in [-0.4, -0.2) is 36.6 Å². The van der Waals surface area contributed by atoms with Gasteiger partial charge in [-0.2, -0.15) is 0 Å². The van der Waals surface area contributed by atoms with Gasteiger partial charge in [-0.1, -0.05) is 26.7 Å². The fourth-order valence-corrected chi connectivity index (χ4v) is 2.40.